The number of fused-ring (bicyclic) bond motifs is 2. The minimum absolute atomic E-state index is 0.122. The molecule has 0 N–H and O–H groups in total. The van der Waals surface area contributed by atoms with E-state index in [1.807, 2.05) is 0 Å². The van der Waals surface area contributed by atoms with Gasteiger partial charge in [0.15, 0.2) is 0 Å². The molecule has 0 aliphatic heterocycles. The normalized spacial score (nSPS) is 22.7. The Kier molecular flexibility index (Phi) is 5.65. The fourth-order valence-corrected chi connectivity index (χ4v) is 8.13. The van der Waals surface area contributed by atoms with Crippen LogP contribution in [0, 0.1) is 13.8 Å². The van der Waals surface area contributed by atoms with Gasteiger partial charge in [-0.1, -0.05) is 0 Å². The summed E-state index contributed by atoms with van der Waals surface area (Å²) in [6.07, 6.45) is 10.7. The van der Waals surface area contributed by atoms with Gasteiger partial charge in [0.25, 0.3) is 0 Å². The van der Waals surface area contributed by atoms with Gasteiger partial charge in [0.05, 0.1) is 0 Å². The van der Waals surface area contributed by atoms with Crippen molar-refractivity contribution in [3.63, 3.8) is 0 Å². The van der Waals surface area contributed by atoms with Gasteiger partial charge in [0.1, 0.15) is 0 Å². The van der Waals surface area contributed by atoms with E-state index in [4.69, 9.17) is 0 Å². The maximum atomic E-state index is 2.50. The van der Waals surface area contributed by atoms with Crippen LogP contribution >= 0.6 is 0 Å². The molecule has 169 valence electrons. The number of hydrogen-bond donors (Lipinski definition) is 0. The molecule has 2 aliphatic rings. The Morgan fingerprint density at radius 2 is 1.20 bits per heavy atom. The molecule has 0 saturated heterocycles. The average molecular weight is 529 g/mol. The molecular weight excluding hydrogens is 500 g/mol. The van der Waals surface area contributed by atoms with Crippen LogP contribution < -0.4 is 0 Å². The van der Waals surface area contributed by atoms with Crippen molar-refractivity contribution in [3.05, 3.63) is 154 Å². The molecule has 3 atom stereocenters. The van der Waals surface area contributed by atoms with Gasteiger partial charge in [-0.2, -0.15) is 0 Å². The zero-order valence-corrected chi connectivity index (χ0v) is 22.8. The van der Waals surface area contributed by atoms with Crippen LogP contribution in [0.5, 0.6) is 0 Å². The van der Waals surface area contributed by atoms with E-state index < -0.39 is 0 Å². The van der Waals surface area contributed by atoms with Crippen LogP contribution in [0.4, 0.5) is 0 Å². The molecule has 4 aromatic rings. The van der Waals surface area contributed by atoms with Crippen molar-refractivity contribution in [1.82, 2.24) is 0 Å². The Hall–Kier alpha value is -2.76. The standard InChI is InChI=1S/C34H29.Zr/c1-25-9-7-13-29(23-25)33(19-17-27-11-3-5-15-31(27)33)21-22-34(30-14-8-10-26(2)24-30)20-18-28-12-4-6-16-32(28)34;/h3-21,23-24H,22H2,1-2H3;. The van der Waals surface area contributed by atoms with Crippen LogP contribution in [0.3, 0.4) is 0 Å². The fourth-order valence-electron chi connectivity index (χ4n) is 6.31. The Bertz CT molecular complexity index is 1480. The first-order valence-electron chi connectivity index (χ1n) is 12.5. The first-order valence-corrected chi connectivity index (χ1v) is 13.9. The molecule has 0 radical (unpaired) electrons. The topological polar surface area (TPSA) is 0 Å². The number of aryl methyl sites for hydroxylation is 2. The van der Waals surface area contributed by atoms with Gasteiger partial charge >= 0.3 is 225 Å². The van der Waals surface area contributed by atoms with Crippen molar-refractivity contribution in [1.29, 1.82) is 0 Å². The summed E-state index contributed by atoms with van der Waals surface area (Å²) >= 11 is 1.57. The Labute approximate surface area is 224 Å². The first kappa shape index (κ1) is 22.7. The fraction of sp³-hybridized carbons (Fsp3) is 0.176. The van der Waals surface area contributed by atoms with Gasteiger partial charge in [-0.05, 0) is 0 Å². The monoisotopic (exact) mass is 527 g/mol. The second-order valence-corrected chi connectivity index (χ2v) is 11.9. The first-order chi connectivity index (χ1) is 17.0. The Morgan fingerprint density at radius 3 is 1.91 bits per heavy atom. The molecule has 0 spiro atoms. The van der Waals surface area contributed by atoms with E-state index in [9.17, 15) is 0 Å². The molecule has 0 aromatic heterocycles. The number of hydrogen-bond acceptors (Lipinski definition) is 0. The second kappa shape index (κ2) is 8.72. The van der Waals surface area contributed by atoms with Gasteiger partial charge < -0.3 is 0 Å². The van der Waals surface area contributed by atoms with E-state index in [1.54, 1.807) is 24.7 Å². The van der Waals surface area contributed by atoms with E-state index >= 15 is 0 Å². The van der Waals surface area contributed by atoms with E-state index in [1.165, 1.54) is 44.5 Å². The number of benzene rings is 4. The third-order valence-corrected chi connectivity index (χ3v) is 9.65. The molecule has 0 amide bonds. The van der Waals surface area contributed by atoms with Crippen molar-refractivity contribution in [3.8, 4) is 0 Å². The van der Waals surface area contributed by atoms with Gasteiger partial charge in [-0.25, -0.2) is 0 Å². The summed E-state index contributed by atoms with van der Waals surface area (Å²) in [5, 5.41) is 0. The summed E-state index contributed by atoms with van der Waals surface area (Å²) in [5.41, 5.74) is 10.8. The van der Waals surface area contributed by atoms with Crippen LogP contribution in [0.2, 0.25) is 3.63 Å². The summed E-state index contributed by atoms with van der Waals surface area (Å²) in [4.78, 5) is 0. The summed E-state index contributed by atoms with van der Waals surface area (Å²) in [6.45, 7) is 4.42. The van der Waals surface area contributed by atoms with Crippen molar-refractivity contribution in [2.45, 2.75) is 34.7 Å². The van der Waals surface area contributed by atoms with Crippen molar-refractivity contribution in [2.24, 2.45) is 0 Å². The van der Waals surface area contributed by atoms with Gasteiger partial charge in [0.2, 0.25) is 0 Å². The SMILES string of the molecule is Cc1cccc(C2(C[CH]([Zr])C3(c4cccc(C)c4)C=Cc4ccccc43)C=Cc3ccccc32)c1. The third-order valence-electron chi connectivity index (χ3n) is 8.03. The molecule has 0 bridgehead atoms. The predicted octanol–water partition coefficient (Wildman–Crippen LogP) is 8.35. The third kappa shape index (κ3) is 3.59. The van der Waals surface area contributed by atoms with Gasteiger partial charge in [-0.3, -0.25) is 0 Å². The van der Waals surface area contributed by atoms with Crippen LogP contribution in [-0.2, 0) is 35.5 Å². The summed E-state index contributed by atoms with van der Waals surface area (Å²) in [6, 6.07) is 36.3. The molecule has 2 aliphatic carbocycles. The molecule has 1 heteroatoms. The summed E-state index contributed by atoms with van der Waals surface area (Å²) in [5.74, 6) is 0. The van der Waals surface area contributed by atoms with E-state index in [-0.39, 0.29) is 10.8 Å². The molecule has 6 rings (SSSR count). The van der Waals surface area contributed by atoms with E-state index in [0.717, 1.165) is 6.42 Å². The molecule has 35 heavy (non-hydrogen) atoms. The molecule has 0 fully saturated rings. The van der Waals surface area contributed by atoms with Gasteiger partial charge in [-0.15, -0.1) is 0 Å². The predicted molar refractivity (Wildman–Crippen MR) is 143 cm³/mol. The van der Waals surface area contributed by atoms with Crippen molar-refractivity contribution in [2.75, 3.05) is 0 Å². The van der Waals surface area contributed by atoms with Crippen LogP contribution in [0.15, 0.2) is 109 Å². The zero-order valence-electron chi connectivity index (χ0n) is 20.3. The van der Waals surface area contributed by atoms with Crippen molar-refractivity contribution < 1.29 is 24.7 Å². The van der Waals surface area contributed by atoms with Crippen LogP contribution in [-0.4, -0.2) is 0 Å². The Balaban J connectivity index is 1.54. The maximum absolute atomic E-state index is 2.50. The van der Waals surface area contributed by atoms with Crippen molar-refractivity contribution >= 4 is 12.2 Å². The summed E-state index contributed by atoms with van der Waals surface area (Å²) in [7, 11) is 0. The number of allylic oxidation sites excluding steroid dienone is 2. The molecule has 4 aromatic carbocycles. The molecular formula is C34H29Zr. The zero-order chi connectivity index (χ0) is 24.0. The minimum atomic E-state index is -0.126. The van der Waals surface area contributed by atoms with Crippen LogP contribution in [0.25, 0.3) is 12.2 Å². The van der Waals surface area contributed by atoms with Crippen LogP contribution in [0.1, 0.15) is 50.9 Å². The van der Waals surface area contributed by atoms with E-state index in [0.29, 0.717) is 3.63 Å². The Morgan fingerprint density at radius 1 is 0.629 bits per heavy atom. The molecule has 0 nitrogen and oxygen atoms in total. The molecule has 3 unspecified atom stereocenters. The number of rotatable bonds is 5. The second-order valence-electron chi connectivity index (χ2n) is 10.2. The quantitative estimate of drug-likeness (QED) is 0.244. The molecule has 0 saturated carbocycles. The van der Waals surface area contributed by atoms with Gasteiger partial charge in [0, 0.05) is 0 Å². The summed E-state index contributed by atoms with van der Waals surface area (Å²) < 4.78 is 0.452. The molecule has 0 heterocycles. The van der Waals surface area contributed by atoms with E-state index in [2.05, 4.69) is 135 Å². The average Bonchev–Trinajstić information content (AvgIpc) is 3.45.